The molecule has 0 spiro atoms. The van der Waals surface area contributed by atoms with E-state index in [1.165, 1.54) is 29.7 Å². The van der Waals surface area contributed by atoms with Gasteiger partial charge >= 0.3 is 0 Å². The Kier molecular flexibility index (Phi) is 5.43. The van der Waals surface area contributed by atoms with Gasteiger partial charge in [0.15, 0.2) is 5.65 Å². The molecule has 3 aromatic rings. The van der Waals surface area contributed by atoms with Gasteiger partial charge in [0.1, 0.15) is 0 Å². The molecule has 0 amide bonds. The fourth-order valence-electron chi connectivity index (χ4n) is 4.15. The molecular formula is C21H26ClN5. The molecule has 3 heterocycles. The minimum atomic E-state index is 0.460. The Balaban J connectivity index is 1.57. The zero-order valence-electron chi connectivity index (χ0n) is 15.7. The second-order valence-electron chi connectivity index (χ2n) is 7.41. The topological polar surface area (TPSA) is 59.5 Å². The van der Waals surface area contributed by atoms with Gasteiger partial charge in [-0.3, -0.25) is 4.90 Å². The zero-order chi connectivity index (χ0) is 18.8. The molecule has 1 atom stereocenters. The monoisotopic (exact) mass is 383 g/mol. The van der Waals surface area contributed by atoms with Crippen LogP contribution in [0.25, 0.3) is 5.65 Å². The maximum Gasteiger partial charge on any atom is 0.158 e. The lowest BCUT2D eigenvalue weighted by Gasteiger charge is -2.33. The number of aryl methyl sites for hydroxylation is 1. The smallest absolute Gasteiger partial charge is 0.158 e. The number of aromatic nitrogens is 3. The number of hydrogen-bond donors (Lipinski definition) is 1. The number of rotatable bonds is 5. The summed E-state index contributed by atoms with van der Waals surface area (Å²) in [4.78, 5) is 7.12. The highest BCUT2D eigenvalue weighted by Gasteiger charge is 2.24. The van der Waals surface area contributed by atoms with Crippen molar-refractivity contribution in [2.45, 2.75) is 38.6 Å². The Morgan fingerprint density at radius 2 is 2.04 bits per heavy atom. The highest BCUT2D eigenvalue weighted by molar-refractivity contribution is 6.30. The molecule has 27 heavy (non-hydrogen) atoms. The van der Waals surface area contributed by atoms with Gasteiger partial charge in [-0.15, -0.1) is 0 Å². The lowest BCUT2D eigenvalue weighted by atomic mass is 9.94. The number of likely N-dealkylation sites (tertiary alicyclic amines) is 1. The van der Waals surface area contributed by atoms with Crippen molar-refractivity contribution in [3.8, 4) is 0 Å². The maximum absolute atomic E-state index is 6.01. The van der Waals surface area contributed by atoms with E-state index in [1.54, 1.807) is 0 Å². The summed E-state index contributed by atoms with van der Waals surface area (Å²) in [6.07, 6.45) is 5.11. The number of fused-ring (bicyclic) bond motifs is 1. The van der Waals surface area contributed by atoms with Crippen LogP contribution in [0.4, 0.5) is 0 Å². The first-order valence-corrected chi connectivity index (χ1v) is 10.0. The molecule has 1 aliphatic rings. The van der Waals surface area contributed by atoms with Crippen LogP contribution in [-0.4, -0.2) is 39.1 Å². The first kappa shape index (κ1) is 18.4. The Hall–Kier alpha value is -1.95. The fraction of sp³-hybridized carbons (Fsp3) is 0.429. The molecule has 1 saturated heterocycles. The Bertz CT molecular complexity index is 918. The third-order valence-electron chi connectivity index (χ3n) is 5.48. The van der Waals surface area contributed by atoms with Crippen LogP contribution in [0, 0.1) is 6.92 Å². The zero-order valence-corrected chi connectivity index (χ0v) is 16.5. The number of nitrogens with two attached hydrogens (primary N) is 1. The highest BCUT2D eigenvalue weighted by Crippen LogP contribution is 2.29. The Morgan fingerprint density at radius 3 is 2.81 bits per heavy atom. The van der Waals surface area contributed by atoms with Crippen molar-refractivity contribution in [1.82, 2.24) is 19.5 Å². The molecular weight excluding hydrogens is 358 g/mol. The van der Waals surface area contributed by atoms with Gasteiger partial charge in [-0.05, 0) is 63.0 Å². The van der Waals surface area contributed by atoms with E-state index in [4.69, 9.17) is 22.4 Å². The van der Waals surface area contributed by atoms with Gasteiger partial charge in [0.05, 0.1) is 11.4 Å². The predicted molar refractivity (Wildman–Crippen MR) is 109 cm³/mol. The van der Waals surface area contributed by atoms with Crippen LogP contribution in [0.15, 0.2) is 36.5 Å². The Morgan fingerprint density at radius 1 is 1.22 bits per heavy atom. The molecule has 6 heteroatoms. The van der Waals surface area contributed by atoms with Crippen molar-refractivity contribution in [2.75, 3.05) is 19.6 Å². The molecule has 142 valence electrons. The molecule has 2 aromatic heterocycles. The summed E-state index contributed by atoms with van der Waals surface area (Å²) in [7, 11) is 0. The van der Waals surface area contributed by atoms with E-state index in [-0.39, 0.29) is 0 Å². The van der Waals surface area contributed by atoms with Crippen molar-refractivity contribution in [1.29, 1.82) is 0 Å². The minimum absolute atomic E-state index is 0.460. The normalized spacial score (nSPS) is 18.3. The summed E-state index contributed by atoms with van der Waals surface area (Å²) in [5.41, 5.74) is 11.5. The van der Waals surface area contributed by atoms with Crippen LogP contribution >= 0.6 is 11.6 Å². The van der Waals surface area contributed by atoms with E-state index in [0.29, 0.717) is 12.5 Å². The third-order valence-corrected chi connectivity index (χ3v) is 5.73. The van der Waals surface area contributed by atoms with Crippen LogP contribution in [0.5, 0.6) is 0 Å². The molecule has 0 saturated carbocycles. The predicted octanol–water partition coefficient (Wildman–Crippen LogP) is 3.57. The van der Waals surface area contributed by atoms with Crippen LogP contribution in [0.1, 0.15) is 41.3 Å². The SMILES string of the molecule is Cc1nn2c(C3CCCN(Cc4ccc(Cl)cc4)C3)ccnc2c1CCN. The minimum Gasteiger partial charge on any atom is -0.330 e. The van der Waals surface area contributed by atoms with E-state index in [1.807, 2.05) is 18.3 Å². The molecule has 1 aromatic carbocycles. The lowest BCUT2D eigenvalue weighted by Crippen LogP contribution is -2.34. The number of halogens is 1. The van der Waals surface area contributed by atoms with E-state index in [9.17, 15) is 0 Å². The number of piperidine rings is 1. The van der Waals surface area contributed by atoms with Crippen LogP contribution in [0.2, 0.25) is 5.02 Å². The van der Waals surface area contributed by atoms with Gasteiger partial charge in [-0.25, -0.2) is 9.50 Å². The van der Waals surface area contributed by atoms with Gasteiger partial charge in [0, 0.05) is 35.8 Å². The van der Waals surface area contributed by atoms with Crippen LogP contribution in [-0.2, 0) is 13.0 Å². The fourth-order valence-corrected chi connectivity index (χ4v) is 4.28. The molecule has 1 fully saturated rings. The Labute approximate surface area is 165 Å². The van der Waals surface area contributed by atoms with Crippen molar-refractivity contribution in [3.63, 3.8) is 0 Å². The van der Waals surface area contributed by atoms with Crippen molar-refractivity contribution in [2.24, 2.45) is 5.73 Å². The van der Waals surface area contributed by atoms with E-state index < -0.39 is 0 Å². The van der Waals surface area contributed by atoms with Crippen molar-refractivity contribution >= 4 is 17.2 Å². The van der Waals surface area contributed by atoms with Gasteiger partial charge in [0.25, 0.3) is 0 Å². The third kappa shape index (κ3) is 3.86. The highest BCUT2D eigenvalue weighted by atomic mass is 35.5. The molecule has 0 bridgehead atoms. The second kappa shape index (κ2) is 7.97. The summed E-state index contributed by atoms with van der Waals surface area (Å²) in [5.74, 6) is 0.460. The molecule has 4 rings (SSSR count). The van der Waals surface area contributed by atoms with E-state index >= 15 is 0 Å². The largest absolute Gasteiger partial charge is 0.330 e. The lowest BCUT2D eigenvalue weighted by molar-refractivity contribution is 0.197. The number of hydrogen-bond acceptors (Lipinski definition) is 4. The van der Waals surface area contributed by atoms with Crippen LogP contribution in [0.3, 0.4) is 0 Å². The van der Waals surface area contributed by atoms with E-state index in [2.05, 4.69) is 39.5 Å². The molecule has 1 aliphatic heterocycles. The van der Waals surface area contributed by atoms with Crippen molar-refractivity contribution < 1.29 is 0 Å². The summed E-state index contributed by atoms with van der Waals surface area (Å²) in [6.45, 7) is 5.79. The van der Waals surface area contributed by atoms with Crippen LogP contribution < -0.4 is 5.73 Å². The average molecular weight is 384 g/mol. The molecule has 0 radical (unpaired) electrons. The summed E-state index contributed by atoms with van der Waals surface area (Å²) in [5, 5.41) is 5.58. The number of benzene rings is 1. The first-order valence-electron chi connectivity index (χ1n) is 9.65. The van der Waals surface area contributed by atoms with Crippen molar-refractivity contribution in [3.05, 3.63) is 64.1 Å². The van der Waals surface area contributed by atoms with Gasteiger partial charge in [-0.2, -0.15) is 5.10 Å². The second-order valence-corrected chi connectivity index (χ2v) is 7.84. The van der Waals surface area contributed by atoms with Gasteiger partial charge in [-0.1, -0.05) is 23.7 Å². The average Bonchev–Trinajstić information content (AvgIpc) is 3.00. The molecule has 2 N–H and O–H groups in total. The number of nitrogens with zero attached hydrogens (tertiary/aromatic N) is 4. The first-order chi connectivity index (χ1) is 13.2. The summed E-state index contributed by atoms with van der Waals surface area (Å²) >= 11 is 6.01. The quantitative estimate of drug-likeness (QED) is 0.731. The summed E-state index contributed by atoms with van der Waals surface area (Å²) in [6, 6.07) is 10.3. The maximum atomic E-state index is 6.01. The summed E-state index contributed by atoms with van der Waals surface area (Å²) < 4.78 is 2.05. The van der Waals surface area contributed by atoms with Gasteiger partial charge < -0.3 is 5.73 Å². The molecule has 0 aliphatic carbocycles. The van der Waals surface area contributed by atoms with Gasteiger partial charge in [0.2, 0.25) is 0 Å². The van der Waals surface area contributed by atoms with E-state index in [0.717, 1.165) is 42.4 Å². The molecule has 1 unspecified atom stereocenters. The molecule has 5 nitrogen and oxygen atoms in total. The standard InChI is InChI=1S/C21H26ClN5/c1-15-19(8-10-23)21-24-11-9-20(27(21)25-15)17-3-2-12-26(14-17)13-16-4-6-18(22)7-5-16/h4-7,9,11,17H,2-3,8,10,12-14,23H2,1H3.